The first-order chi connectivity index (χ1) is 13.3. The SMILES string of the molecule is CCC(C(=O)NC)N(Cc1ccc(Cl)cc1)C(=O)COc1ccc(Cl)c(C)c1. The maximum atomic E-state index is 12.9. The summed E-state index contributed by atoms with van der Waals surface area (Å²) in [7, 11) is 1.56. The van der Waals surface area contributed by atoms with Gasteiger partial charge in [-0.05, 0) is 54.8 Å². The molecule has 0 saturated carbocycles. The van der Waals surface area contributed by atoms with Gasteiger partial charge in [-0.2, -0.15) is 0 Å². The molecule has 5 nitrogen and oxygen atoms in total. The van der Waals surface area contributed by atoms with Gasteiger partial charge in [0.25, 0.3) is 5.91 Å². The predicted molar refractivity (Wildman–Crippen MR) is 112 cm³/mol. The van der Waals surface area contributed by atoms with Crippen molar-refractivity contribution in [3.05, 3.63) is 63.6 Å². The molecule has 1 unspecified atom stereocenters. The molecule has 0 bridgehead atoms. The summed E-state index contributed by atoms with van der Waals surface area (Å²) in [6, 6.07) is 11.8. The van der Waals surface area contributed by atoms with Gasteiger partial charge in [-0.1, -0.05) is 42.3 Å². The zero-order valence-electron chi connectivity index (χ0n) is 16.2. The van der Waals surface area contributed by atoms with Crippen LogP contribution in [0.3, 0.4) is 0 Å². The van der Waals surface area contributed by atoms with Gasteiger partial charge in [0.15, 0.2) is 6.61 Å². The highest BCUT2D eigenvalue weighted by Crippen LogP contribution is 2.21. The summed E-state index contributed by atoms with van der Waals surface area (Å²) in [6.45, 7) is 3.83. The third-order valence-electron chi connectivity index (χ3n) is 4.39. The van der Waals surface area contributed by atoms with Gasteiger partial charge < -0.3 is 15.0 Å². The molecule has 0 radical (unpaired) electrons. The second-order valence-electron chi connectivity index (χ2n) is 6.39. The summed E-state index contributed by atoms with van der Waals surface area (Å²) in [6.07, 6.45) is 0.485. The van der Waals surface area contributed by atoms with Crippen LogP contribution in [0.15, 0.2) is 42.5 Å². The fourth-order valence-corrected chi connectivity index (χ4v) is 3.05. The lowest BCUT2D eigenvalue weighted by Gasteiger charge is -2.30. The number of rotatable bonds is 8. The number of carbonyl (C=O) groups excluding carboxylic acids is 2. The van der Waals surface area contributed by atoms with E-state index < -0.39 is 6.04 Å². The number of ether oxygens (including phenoxy) is 1. The fraction of sp³-hybridized carbons (Fsp3) is 0.333. The van der Waals surface area contributed by atoms with E-state index in [1.807, 2.05) is 26.0 Å². The molecule has 28 heavy (non-hydrogen) atoms. The van der Waals surface area contributed by atoms with Crippen molar-refractivity contribution in [2.75, 3.05) is 13.7 Å². The van der Waals surface area contributed by atoms with Crippen LogP contribution in [0.2, 0.25) is 10.0 Å². The van der Waals surface area contributed by atoms with E-state index in [1.165, 1.54) is 4.90 Å². The number of benzene rings is 2. The molecule has 2 amide bonds. The second kappa shape index (κ2) is 10.3. The minimum atomic E-state index is -0.594. The summed E-state index contributed by atoms with van der Waals surface area (Å²) in [4.78, 5) is 26.8. The first-order valence-corrected chi connectivity index (χ1v) is 9.75. The number of carbonyl (C=O) groups is 2. The Morgan fingerprint density at radius 2 is 1.82 bits per heavy atom. The molecule has 0 aliphatic rings. The van der Waals surface area contributed by atoms with Crippen molar-refractivity contribution in [2.45, 2.75) is 32.9 Å². The van der Waals surface area contributed by atoms with Crippen LogP contribution in [0.4, 0.5) is 0 Å². The van der Waals surface area contributed by atoms with E-state index in [9.17, 15) is 9.59 Å². The topological polar surface area (TPSA) is 58.6 Å². The number of aryl methyl sites for hydroxylation is 1. The monoisotopic (exact) mass is 422 g/mol. The van der Waals surface area contributed by atoms with E-state index in [0.29, 0.717) is 22.2 Å². The van der Waals surface area contributed by atoms with E-state index in [2.05, 4.69) is 5.32 Å². The third kappa shape index (κ3) is 5.88. The second-order valence-corrected chi connectivity index (χ2v) is 7.23. The van der Waals surface area contributed by atoms with Crippen molar-refractivity contribution < 1.29 is 14.3 Å². The van der Waals surface area contributed by atoms with Crippen LogP contribution in [0.5, 0.6) is 5.75 Å². The Morgan fingerprint density at radius 3 is 2.39 bits per heavy atom. The highest BCUT2D eigenvalue weighted by Gasteiger charge is 2.28. The summed E-state index contributed by atoms with van der Waals surface area (Å²) in [5.41, 5.74) is 1.74. The number of amides is 2. The van der Waals surface area contributed by atoms with E-state index in [1.54, 1.807) is 37.4 Å². The Kier molecular flexibility index (Phi) is 8.15. The smallest absolute Gasteiger partial charge is 0.261 e. The molecule has 7 heteroatoms. The van der Waals surface area contributed by atoms with Gasteiger partial charge >= 0.3 is 0 Å². The highest BCUT2D eigenvalue weighted by molar-refractivity contribution is 6.31. The number of nitrogens with one attached hydrogen (secondary N) is 1. The molecule has 2 aromatic carbocycles. The van der Waals surface area contributed by atoms with Crippen LogP contribution in [0, 0.1) is 6.92 Å². The largest absolute Gasteiger partial charge is 0.484 e. The van der Waals surface area contributed by atoms with E-state index in [4.69, 9.17) is 27.9 Å². The molecule has 0 fully saturated rings. The maximum Gasteiger partial charge on any atom is 0.261 e. The summed E-state index contributed by atoms with van der Waals surface area (Å²) in [5, 5.41) is 3.87. The van der Waals surface area contributed by atoms with Gasteiger partial charge in [-0.25, -0.2) is 0 Å². The van der Waals surface area contributed by atoms with Gasteiger partial charge in [0.1, 0.15) is 11.8 Å². The average Bonchev–Trinajstić information content (AvgIpc) is 2.69. The predicted octanol–water partition coefficient (Wildman–Crippen LogP) is 4.23. The lowest BCUT2D eigenvalue weighted by atomic mass is 10.1. The van der Waals surface area contributed by atoms with Crippen LogP contribution >= 0.6 is 23.2 Å². The van der Waals surface area contributed by atoms with Gasteiger partial charge in [0.2, 0.25) is 5.91 Å². The summed E-state index contributed by atoms with van der Waals surface area (Å²) < 4.78 is 5.65. The quantitative estimate of drug-likeness (QED) is 0.691. The standard InChI is InChI=1S/C21H24Cl2N2O3/c1-4-19(21(27)24-3)25(12-15-5-7-16(22)8-6-15)20(26)13-28-17-9-10-18(23)14(2)11-17/h5-11,19H,4,12-13H2,1-3H3,(H,24,27). The first-order valence-electron chi connectivity index (χ1n) is 9.00. The van der Waals surface area contributed by atoms with Crippen molar-refractivity contribution in [1.82, 2.24) is 10.2 Å². The van der Waals surface area contributed by atoms with Crippen molar-refractivity contribution in [2.24, 2.45) is 0 Å². The van der Waals surface area contributed by atoms with Gasteiger partial charge in [0, 0.05) is 23.6 Å². The Morgan fingerprint density at radius 1 is 1.14 bits per heavy atom. The maximum absolute atomic E-state index is 12.9. The molecule has 0 saturated heterocycles. The normalized spacial score (nSPS) is 11.6. The van der Waals surface area contributed by atoms with E-state index >= 15 is 0 Å². The molecule has 1 N–H and O–H groups in total. The average molecular weight is 423 g/mol. The minimum absolute atomic E-state index is 0.178. The molecule has 0 aromatic heterocycles. The van der Waals surface area contributed by atoms with E-state index in [-0.39, 0.29) is 25.0 Å². The van der Waals surface area contributed by atoms with Gasteiger partial charge in [-0.15, -0.1) is 0 Å². The summed E-state index contributed by atoms with van der Waals surface area (Å²) in [5.74, 6) is 0.0554. The number of hydrogen-bond donors (Lipinski definition) is 1. The molecular weight excluding hydrogens is 399 g/mol. The van der Waals surface area contributed by atoms with Crippen LogP contribution in [-0.2, 0) is 16.1 Å². The highest BCUT2D eigenvalue weighted by atomic mass is 35.5. The van der Waals surface area contributed by atoms with Crippen LogP contribution in [0.25, 0.3) is 0 Å². The zero-order chi connectivity index (χ0) is 20.7. The van der Waals surface area contributed by atoms with Gasteiger partial charge in [0.05, 0.1) is 0 Å². The first kappa shape index (κ1) is 22.1. The number of hydrogen-bond acceptors (Lipinski definition) is 3. The Bertz CT molecular complexity index is 825. The number of halogens is 2. The van der Waals surface area contributed by atoms with Crippen LogP contribution in [-0.4, -0.2) is 36.4 Å². The Labute approximate surface area is 175 Å². The Hall–Kier alpha value is -2.24. The van der Waals surface area contributed by atoms with Crippen LogP contribution in [0.1, 0.15) is 24.5 Å². The fourth-order valence-electron chi connectivity index (χ4n) is 2.81. The molecule has 2 aromatic rings. The van der Waals surface area contributed by atoms with Crippen molar-refractivity contribution >= 4 is 35.0 Å². The van der Waals surface area contributed by atoms with Gasteiger partial charge in [-0.3, -0.25) is 9.59 Å². The van der Waals surface area contributed by atoms with Crippen LogP contribution < -0.4 is 10.1 Å². The number of nitrogens with zero attached hydrogens (tertiary/aromatic N) is 1. The zero-order valence-corrected chi connectivity index (χ0v) is 17.7. The molecule has 0 heterocycles. The minimum Gasteiger partial charge on any atom is -0.484 e. The van der Waals surface area contributed by atoms with E-state index in [0.717, 1.165) is 11.1 Å². The molecule has 0 aliphatic heterocycles. The lowest BCUT2D eigenvalue weighted by Crippen LogP contribution is -2.49. The molecule has 0 aliphatic carbocycles. The Balaban J connectivity index is 2.18. The summed E-state index contributed by atoms with van der Waals surface area (Å²) >= 11 is 12.0. The lowest BCUT2D eigenvalue weighted by molar-refractivity contribution is -0.142. The molecule has 1 atom stereocenters. The molecule has 150 valence electrons. The molecular formula is C21H24Cl2N2O3. The molecule has 0 spiro atoms. The number of likely N-dealkylation sites (N-methyl/N-ethyl adjacent to an activating group) is 1. The third-order valence-corrected chi connectivity index (χ3v) is 5.07. The van der Waals surface area contributed by atoms with Crippen molar-refractivity contribution in [1.29, 1.82) is 0 Å². The molecule has 2 rings (SSSR count). The van der Waals surface area contributed by atoms with Crippen molar-refractivity contribution in [3.63, 3.8) is 0 Å². The van der Waals surface area contributed by atoms with Crippen molar-refractivity contribution in [3.8, 4) is 5.75 Å².